The average molecular weight is 395 g/mol. The van der Waals surface area contributed by atoms with Gasteiger partial charge in [0.1, 0.15) is 11.4 Å². The lowest BCUT2D eigenvalue weighted by Gasteiger charge is -2.36. The summed E-state index contributed by atoms with van der Waals surface area (Å²) in [5.41, 5.74) is 0.0914. The molecule has 0 saturated carbocycles. The lowest BCUT2D eigenvalue weighted by Crippen LogP contribution is -2.43. The largest absolute Gasteiger partial charge is 0.494 e. The summed E-state index contributed by atoms with van der Waals surface area (Å²) in [6.45, 7) is 1.76. The number of halogens is 1. The molecule has 0 unspecified atom stereocenters. The highest BCUT2D eigenvalue weighted by molar-refractivity contribution is 5.75. The number of aromatic amines is 1. The monoisotopic (exact) mass is 395 g/mol. The van der Waals surface area contributed by atoms with Crippen LogP contribution in [0.5, 0.6) is 5.88 Å². The van der Waals surface area contributed by atoms with E-state index in [9.17, 15) is 23.9 Å². The Kier molecular flexibility index (Phi) is 4.54. The van der Waals surface area contributed by atoms with Gasteiger partial charge in [0.05, 0.1) is 11.7 Å². The molecule has 2 N–H and O–H groups in total. The molecule has 3 aromatic rings. The van der Waals surface area contributed by atoms with Gasteiger partial charge in [-0.1, -0.05) is 24.3 Å². The predicted molar refractivity (Wildman–Crippen MR) is 104 cm³/mol. The van der Waals surface area contributed by atoms with Gasteiger partial charge in [0, 0.05) is 13.5 Å². The second kappa shape index (κ2) is 7.05. The van der Waals surface area contributed by atoms with Crippen molar-refractivity contribution in [1.29, 1.82) is 0 Å². The summed E-state index contributed by atoms with van der Waals surface area (Å²) >= 11 is 0. The van der Waals surface area contributed by atoms with Crippen LogP contribution in [0.1, 0.15) is 29.7 Å². The van der Waals surface area contributed by atoms with Gasteiger partial charge >= 0.3 is 5.69 Å². The molecule has 0 aliphatic carbocycles. The van der Waals surface area contributed by atoms with E-state index in [0.717, 1.165) is 22.3 Å². The topological polar surface area (TPSA) is 95.4 Å². The number of carbonyl (C=O) groups excluding carboxylic acids is 1. The summed E-state index contributed by atoms with van der Waals surface area (Å²) in [4.78, 5) is 41.2. The molecule has 2 heterocycles. The smallest absolute Gasteiger partial charge is 0.335 e. The Morgan fingerprint density at radius 3 is 2.52 bits per heavy atom. The van der Waals surface area contributed by atoms with Gasteiger partial charge < -0.3 is 10.0 Å². The fourth-order valence-electron chi connectivity index (χ4n) is 3.83. The molecule has 0 bridgehead atoms. The molecule has 7 nitrogen and oxygen atoms in total. The minimum absolute atomic E-state index is 0.115. The quantitative estimate of drug-likeness (QED) is 0.693. The fourth-order valence-corrected chi connectivity index (χ4v) is 3.83. The maximum atomic E-state index is 13.3. The van der Waals surface area contributed by atoms with Crippen LogP contribution < -0.4 is 11.2 Å². The van der Waals surface area contributed by atoms with Crippen LogP contribution in [0.4, 0.5) is 4.39 Å². The Morgan fingerprint density at radius 2 is 1.83 bits per heavy atom. The maximum absolute atomic E-state index is 13.3. The maximum Gasteiger partial charge on any atom is 0.335 e. The van der Waals surface area contributed by atoms with Gasteiger partial charge in [-0.2, -0.15) is 0 Å². The second-order valence-corrected chi connectivity index (χ2v) is 6.87. The molecule has 2 aromatic carbocycles. The molecule has 0 radical (unpaired) electrons. The zero-order valence-electron chi connectivity index (χ0n) is 15.6. The summed E-state index contributed by atoms with van der Waals surface area (Å²) in [5, 5.41) is 11.0. The summed E-state index contributed by atoms with van der Waals surface area (Å²) in [5.74, 6) is -1.35. The van der Waals surface area contributed by atoms with Gasteiger partial charge in [0.25, 0.3) is 5.56 Å². The number of hydrogen-bond donors (Lipinski definition) is 2. The molecule has 1 atom stereocenters. The third-order valence-electron chi connectivity index (χ3n) is 5.17. The third kappa shape index (κ3) is 3.12. The van der Waals surface area contributed by atoms with E-state index in [1.807, 2.05) is 12.1 Å². The number of benzene rings is 2. The summed E-state index contributed by atoms with van der Waals surface area (Å²) in [7, 11) is 0. The number of aromatic hydroxyl groups is 1. The number of aromatic nitrogens is 2. The standard InChI is InChI=1S/C21H18FN3O4/c1-12(26)24-11-10-13-4-2-3-5-16(13)18(24)17-19(27)23-21(29)25(20(17)28)15-8-6-14(22)7-9-15/h2-9,18,28H,10-11H2,1H3,(H,23,27,29)/t18-/m0/s1. The number of H-pyrrole nitrogens is 1. The number of fused-ring (bicyclic) bond motifs is 1. The number of rotatable bonds is 2. The molecular weight excluding hydrogens is 377 g/mol. The van der Waals surface area contributed by atoms with Crippen molar-refractivity contribution in [1.82, 2.24) is 14.5 Å². The predicted octanol–water partition coefficient (Wildman–Crippen LogP) is 1.86. The molecule has 1 aliphatic rings. The van der Waals surface area contributed by atoms with Crippen LogP contribution in [0.25, 0.3) is 5.69 Å². The zero-order valence-corrected chi connectivity index (χ0v) is 15.6. The first-order valence-corrected chi connectivity index (χ1v) is 9.07. The number of amides is 1. The van der Waals surface area contributed by atoms with E-state index in [2.05, 4.69) is 4.98 Å². The van der Waals surface area contributed by atoms with Gasteiger partial charge in [0.2, 0.25) is 11.8 Å². The van der Waals surface area contributed by atoms with Crippen molar-refractivity contribution in [3.8, 4) is 11.6 Å². The van der Waals surface area contributed by atoms with Crippen molar-refractivity contribution >= 4 is 5.91 Å². The van der Waals surface area contributed by atoms with E-state index < -0.39 is 29.0 Å². The summed E-state index contributed by atoms with van der Waals surface area (Å²) in [6, 6.07) is 11.4. The van der Waals surface area contributed by atoms with E-state index in [4.69, 9.17) is 0 Å². The molecule has 148 valence electrons. The molecule has 0 spiro atoms. The van der Waals surface area contributed by atoms with Crippen molar-refractivity contribution in [2.24, 2.45) is 0 Å². The van der Waals surface area contributed by atoms with Crippen molar-refractivity contribution in [3.63, 3.8) is 0 Å². The van der Waals surface area contributed by atoms with E-state index >= 15 is 0 Å². The lowest BCUT2D eigenvalue weighted by atomic mass is 9.89. The second-order valence-electron chi connectivity index (χ2n) is 6.87. The first kappa shape index (κ1) is 18.7. The Labute approximate surface area is 164 Å². The zero-order chi connectivity index (χ0) is 20.7. The van der Waals surface area contributed by atoms with Gasteiger partial charge in [-0.15, -0.1) is 0 Å². The van der Waals surface area contributed by atoms with Crippen LogP contribution >= 0.6 is 0 Å². The third-order valence-corrected chi connectivity index (χ3v) is 5.17. The average Bonchev–Trinajstić information content (AvgIpc) is 2.69. The molecule has 1 aliphatic heterocycles. The van der Waals surface area contributed by atoms with Crippen LogP contribution in [0.15, 0.2) is 58.1 Å². The number of nitrogens with one attached hydrogen (secondary N) is 1. The van der Waals surface area contributed by atoms with Crippen molar-refractivity contribution < 1.29 is 14.3 Å². The SMILES string of the molecule is CC(=O)N1CCc2ccccc2[C@H]1c1c(O)n(-c2ccc(F)cc2)c(=O)[nH]c1=O. The fraction of sp³-hybridized carbons (Fsp3) is 0.190. The molecule has 8 heteroatoms. The van der Waals surface area contributed by atoms with Crippen LogP contribution in [-0.4, -0.2) is 32.0 Å². The molecule has 1 amide bonds. The van der Waals surface area contributed by atoms with E-state index in [1.54, 1.807) is 12.1 Å². The molecule has 1 aromatic heterocycles. The summed E-state index contributed by atoms with van der Waals surface area (Å²) in [6.07, 6.45) is 0.614. The first-order chi connectivity index (χ1) is 13.9. The van der Waals surface area contributed by atoms with Gasteiger partial charge in [-0.05, 0) is 41.8 Å². The number of nitrogens with zero attached hydrogens (tertiary/aromatic N) is 2. The van der Waals surface area contributed by atoms with E-state index in [1.165, 1.54) is 24.0 Å². The first-order valence-electron chi connectivity index (χ1n) is 9.07. The Morgan fingerprint density at radius 1 is 1.14 bits per heavy atom. The number of hydrogen-bond acceptors (Lipinski definition) is 4. The van der Waals surface area contributed by atoms with Crippen molar-refractivity contribution in [2.45, 2.75) is 19.4 Å². The molecule has 0 fully saturated rings. The van der Waals surface area contributed by atoms with E-state index in [0.29, 0.717) is 18.5 Å². The van der Waals surface area contributed by atoms with Crippen LogP contribution in [0.2, 0.25) is 0 Å². The Bertz CT molecular complexity index is 1210. The Balaban J connectivity index is 2.00. The van der Waals surface area contributed by atoms with Gasteiger partial charge in [-0.25, -0.2) is 13.8 Å². The highest BCUT2D eigenvalue weighted by Gasteiger charge is 2.35. The highest BCUT2D eigenvalue weighted by atomic mass is 19.1. The molecular formula is C21H18FN3O4. The van der Waals surface area contributed by atoms with Crippen molar-refractivity contribution in [3.05, 3.63) is 91.9 Å². The van der Waals surface area contributed by atoms with Gasteiger partial charge in [0.15, 0.2) is 0 Å². The normalized spacial score (nSPS) is 15.8. The highest BCUT2D eigenvalue weighted by Crippen LogP contribution is 2.37. The molecule has 29 heavy (non-hydrogen) atoms. The molecule has 0 saturated heterocycles. The van der Waals surface area contributed by atoms with Crippen LogP contribution in [0.3, 0.4) is 0 Å². The van der Waals surface area contributed by atoms with Crippen molar-refractivity contribution in [2.75, 3.05) is 6.54 Å². The van der Waals surface area contributed by atoms with E-state index in [-0.39, 0.29) is 17.2 Å². The Hall–Kier alpha value is -3.68. The minimum atomic E-state index is -0.860. The number of carbonyl (C=O) groups is 1. The van der Waals surface area contributed by atoms with Gasteiger partial charge in [-0.3, -0.25) is 14.6 Å². The lowest BCUT2D eigenvalue weighted by molar-refractivity contribution is -0.130. The molecule has 4 rings (SSSR count). The minimum Gasteiger partial charge on any atom is -0.494 e. The van der Waals surface area contributed by atoms with Crippen LogP contribution in [-0.2, 0) is 11.2 Å². The van der Waals surface area contributed by atoms with Crippen LogP contribution in [0, 0.1) is 5.82 Å². The summed E-state index contributed by atoms with van der Waals surface area (Å²) < 4.78 is 14.2.